The summed E-state index contributed by atoms with van der Waals surface area (Å²) < 4.78 is 27.1. The maximum atomic E-state index is 12.4. The first kappa shape index (κ1) is 16.5. The molecule has 2 aromatic heterocycles. The second kappa shape index (κ2) is 7.09. The summed E-state index contributed by atoms with van der Waals surface area (Å²) in [5.41, 5.74) is 0.847. The zero-order valence-electron chi connectivity index (χ0n) is 13.9. The molecular formula is C18H15NO6S. The van der Waals surface area contributed by atoms with Crippen molar-refractivity contribution in [3.63, 3.8) is 0 Å². The number of benzene rings is 1. The standard InChI is InChI=1S/C18H15NO6S/c1-21-13-7-11(8-14-16(13)23-5-4-22-14)18(20)25-10-12-9-24-17(19-12)15-3-2-6-26-15/h2-3,6-9H,4-5,10H2,1H3. The van der Waals surface area contributed by atoms with Crippen LogP contribution >= 0.6 is 11.3 Å². The largest absolute Gasteiger partial charge is 0.493 e. The van der Waals surface area contributed by atoms with E-state index in [4.69, 9.17) is 23.4 Å². The number of nitrogens with zero attached hydrogens (tertiary/aromatic N) is 1. The Hall–Kier alpha value is -3.00. The van der Waals surface area contributed by atoms with Gasteiger partial charge in [0.05, 0.1) is 17.6 Å². The van der Waals surface area contributed by atoms with Gasteiger partial charge in [0.15, 0.2) is 11.5 Å². The lowest BCUT2D eigenvalue weighted by molar-refractivity contribution is 0.0466. The Morgan fingerprint density at radius 1 is 1.31 bits per heavy atom. The van der Waals surface area contributed by atoms with Crippen LogP contribution in [0.15, 0.2) is 40.3 Å². The third kappa shape index (κ3) is 3.23. The monoisotopic (exact) mass is 373 g/mol. The van der Waals surface area contributed by atoms with E-state index >= 15 is 0 Å². The third-order valence-corrected chi connectivity index (χ3v) is 4.56. The van der Waals surface area contributed by atoms with Crippen LogP contribution in [0.3, 0.4) is 0 Å². The van der Waals surface area contributed by atoms with Crippen LogP contribution < -0.4 is 14.2 Å². The van der Waals surface area contributed by atoms with E-state index in [0.29, 0.717) is 47.6 Å². The van der Waals surface area contributed by atoms with Gasteiger partial charge in [0.25, 0.3) is 0 Å². The molecule has 4 rings (SSSR count). The van der Waals surface area contributed by atoms with E-state index in [2.05, 4.69) is 4.98 Å². The molecule has 8 heteroatoms. The summed E-state index contributed by atoms with van der Waals surface area (Å²) >= 11 is 1.52. The first-order valence-corrected chi connectivity index (χ1v) is 8.75. The number of hydrogen-bond acceptors (Lipinski definition) is 8. The Bertz CT molecular complexity index is 901. The summed E-state index contributed by atoms with van der Waals surface area (Å²) in [4.78, 5) is 17.6. The summed E-state index contributed by atoms with van der Waals surface area (Å²) in [7, 11) is 1.50. The number of hydrogen-bond donors (Lipinski definition) is 0. The van der Waals surface area contributed by atoms with Crippen LogP contribution in [0.4, 0.5) is 0 Å². The van der Waals surface area contributed by atoms with Crippen molar-refractivity contribution in [2.24, 2.45) is 0 Å². The second-order valence-electron chi connectivity index (χ2n) is 5.40. The Balaban J connectivity index is 1.47. The maximum absolute atomic E-state index is 12.4. The van der Waals surface area contributed by atoms with Gasteiger partial charge in [-0.15, -0.1) is 11.3 Å². The van der Waals surface area contributed by atoms with Crippen LogP contribution in [0.2, 0.25) is 0 Å². The number of carbonyl (C=O) groups is 1. The number of carbonyl (C=O) groups excluding carboxylic acids is 1. The third-order valence-electron chi connectivity index (χ3n) is 3.70. The summed E-state index contributed by atoms with van der Waals surface area (Å²) in [6, 6.07) is 6.97. The molecule has 0 radical (unpaired) electrons. The summed E-state index contributed by atoms with van der Waals surface area (Å²) in [6.07, 6.45) is 1.48. The average molecular weight is 373 g/mol. The smallest absolute Gasteiger partial charge is 0.338 e. The van der Waals surface area contributed by atoms with E-state index in [1.54, 1.807) is 12.1 Å². The van der Waals surface area contributed by atoms with E-state index in [1.807, 2.05) is 17.5 Å². The molecule has 3 heterocycles. The van der Waals surface area contributed by atoms with Crippen molar-refractivity contribution >= 4 is 17.3 Å². The van der Waals surface area contributed by atoms with E-state index in [1.165, 1.54) is 24.7 Å². The van der Waals surface area contributed by atoms with Crippen molar-refractivity contribution < 1.29 is 28.2 Å². The minimum atomic E-state index is -0.513. The number of thiophene rings is 1. The average Bonchev–Trinajstić information content (AvgIpc) is 3.36. The topological polar surface area (TPSA) is 80.0 Å². The van der Waals surface area contributed by atoms with Crippen molar-refractivity contribution in [3.05, 3.63) is 47.2 Å². The van der Waals surface area contributed by atoms with Crippen LogP contribution in [0.5, 0.6) is 17.2 Å². The number of esters is 1. The van der Waals surface area contributed by atoms with Gasteiger partial charge in [0.1, 0.15) is 31.8 Å². The predicted octanol–water partition coefficient (Wildman–Crippen LogP) is 3.54. The number of rotatable bonds is 5. The molecule has 0 unspecified atom stereocenters. The fourth-order valence-corrected chi connectivity index (χ4v) is 3.16. The highest BCUT2D eigenvalue weighted by atomic mass is 32.1. The summed E-state index contributed by atoms with van der Waals surface area (Å²) in [5.74, 6) is 1.37. The van der Waals surface area contributed by atoms with Crippen molar-refractivity contribution in [2.45, 2.75) is 6.61 Å². The van der Waals surface area contributed by atoms with Crippen molar-refractivity contribution in [2.75, 3.05) is 20.3 Å². The zero-order valence-corrected chi connectivity index (χ0v) is 14.7. The molecule has 3 aromatic rings. The van der Waals surface area contributed by atoms with E-state index in [0.717, 1.165) is 4.88 Å². The molecule has 134 valence electrons. The van der Waals surface area contributed by atoms with Crippen molar-refractivity contribution in [3.8, 4) is 28.0 Å². The molecule has 1 aliphatic heterocycles. The summed E-state index contributed by atoms with van der Waals surface area (Å²) in [6.45, 7) is 0.857. The Labute approximate surface area is 153 Å². The molecule has 0 fully saturated rings. The number of methoxy groups -OCH3 is 1. The minimum absolute atomic E-state index is 0.00443. The van der Waals surface area contributed by atoms with Gasteiger partial charge in [-0.2, -0.15) is 0 Å². The van der Waals surface area contributed by atoms with Crippen molar-refractivity contribution in [1.82, 2.24) is 4.98 Å². The molecule has 1 aromatic carbocycles. The van der Waals surface area contributed by atoms with Gasteiger partial charge in [-0.1, -0.05) is 6.07 Å². The van der Waals surface area contributed by atoms with Crippen LogP contribution in [0, 0.1) is 0 Å². The van der Waals surface area contributed by atoms with Crippen LogP contribution in [-0.2, 0) is 11.3 Å². The molecule has 0 bridgehead atoms. The Morgan fingerprint density at radius 2 is 2.19 bits per heavy atom. The number of aromatic nitrogens is 1. The molecular weight excluding hydrogens is 358 g/mol. The molecule has 0 saturated carbocycles. The first-order chi connectivity index (χ1) is 12.7. The first-order valence-electron chi connectivity index (χ1n) is 7.87. The van der Waals surface area contributed by atoms with Gasteiger partial charge in [0, 0.05) is 0 Å². The lowest BCUT2D eigenvalue weighted by Gasteiger charge is -2.21. The lowest BCUT2D eigenvalue weighted by atomic mass is 10.1. The zero-order chi connectivity index (χ0) is 17.9. The van der Waals surface area contributed by atoms with E-state index in [-0.39, 0.29) is 6.61 Å². The quantitative estimate of drug-likeness (QED) is 0.633. The van der Waals surface area contributed by atoms with Gasteiger partial charge < -0.3 is 23.4 Å². The maximum Gasteiger partial charge on any atom is 0.338 e. The van der Waals surface area contributed by atoms with E-state index in [9.17, 15) is 4.79 Å². The molecule has 0 spiro atoms. The molecule has 0 saturated heterocycles. The number of fused-ring (bicyclic) bond motifs is 1. The summed E-state index contributed by atoms with van der Waals surface area (Å²) in [5, 5.41) is 1.94. The highest BCUT2D eigenvalue weighted by Crippen LogP contribution is 2.40. The molecule has 1 aliphatic rings. The fourth-order valence-electron chi connectivity index (χ4n) is 2.50. The van der Waals surface area contributed by atoms with Gasteiger partial charge >= 0.3 is 5.97 Å². The Morgan fingerprint density at radius 3 is 3.00 bits per heavy atom. The van der Waals surface area contributed by atoms with Crippen molar-refractivity contribution in [1.29, 1.82) is 0 Å². The minimum Gasteiger partial charge on any atom is -0.493 e. The molecule has 26 heavy (non-hydrogen) atoms. The molecule has 0 aliphatic carbocycles. The highest BCUT2D eigenvalue weighted by molar-refractivity contribution is 7.13. The molecule has 0 N–H and O–H groups in total. The number of oxazole rings is 1. The SMILES string of the molecule is COc1cc(C(=O)OCc2coc(-c3cccs3)n2)cc2c1OCCO2. The normalized spacial score (nSPS) is 12.7. The predicted molar refractivity (Wildman–Crippen MR) is 92.9 cm³/mol. The molecule has 7 nitrogen and oxygen atoms in total. The van der Waals surface area contributed by atoms with E-state index < -0.39 is 5.97 Å². The highest BCUT2D eigenvalue weighted by Gasteiger charge is 2.22. The van der Waals surface area contributed by atoms with Gasteiger partial charge in [-0.3, -0.25) is 0 Å². The fraction of sp³-hybridized carbons (Fsp3) is 0.222. The van der Waals surface area contributed by atoms with Gasteiger partial charge in [-0.25, -0.2) is 9.78 Å². The van der Waals surface area contributed by atoms with Crippen LogP contribution in [-0.4, -0.2) is 31.3 Å². The van der Waals surface area contributed by atoms with Gasteiger partial charge in [0.2, 0.25) is 11.6 Å². The molecule has 0 atom stereocenters. The van der Waals surface area contributed by atoms with Gasteiger partial charge in [-0.05, 0) is 23.6 Å². The van der Waals surface area contributed by atoms with Crippen LogP contribution in [0.25, 0.3) is 10.8 Å². The number of ether oxygens (including phenoxy) is 4. The molecule has 0 amide bonds. The lowest BCUT2D eigenvalue weighted by Crippen LogP contribution is -2.17. The Kier molecular flexibility index (Phi) is 4.49. The second-order valence-corrected chi connectivity index (χ2v) is 6.35. The van der Waals surface area contributed by atoms with Crippen LogP contribution in [0.1, 0.15) is 16.1 Å².